The zero-order valence-corrected chi connectivity index (χ0v) is 24.0. The lowest BCUT2D eigenvalue weighted by Gasteiger charge is -2.46. The maximum absolute atomic E-state index is 12.5. The Morgan fingerprint density at radius 3 is 2.08 bits per heavy atom. The number of hydrogen-bond acceptors (Lipinski definition) is 8. The second-order valence-corrected chi connectivity index (χ2v) is 14.9. The summed E-state index contributed by atoms with van der Waals surface area (Å²) in [6.07, 6.45) is -4.87. The highest BCUT2D eigenvalue weighted by atomic mass is 28.4. The third kappa shape index (κ3) is 6.94. The van der Waals surface area contributed by atoms with Crippen molar-refractivity contribution < 1.29 is 33.3 Å². The Balaban J connectivity index is 1.97. The molecule has 1 saturated heterocycles. The van der Waals surface area contributed by atoms with Gasteiger partial charge in [0, 0.05) is 18.4 Å². The number of benzene rings is 2. The predicted octanol–water partition coefficient (Wildman–Crippen LogP) is 3.26. The van der Waals surface area contributed by atoms with Crippen LogP contribution in [0.2, 0.25) is 5.04 Å². The highest BCUT2D eigenvalue weighted by molar-refractivity contribution is 6.99. The minimum Gasteiger partial charge on any atom is -0.459 e. The van der Waals surface area contributed by atoms with Crippen LogP contribution in [0, 0.1) is 0 Å². The molecule has 1 N–H and O–H groups in total. The van der Waals surface area contributed by atoms with Crippen molar-refractivity contribution in [1.29, 1.82) is 0 Å². The van der Waals surface area contributed by atoms with Crippen LogP contribution in [0.15, 0.2) is 65.8 Å². The van der Waals surface area contributed by atoms with Gasteiger partial charge in [0.1, 0.15) is 30.1 Å². The number of azide groups is 1. The Kier molecular flexibility index (Phi) is 10.4. The van der Waals surface area contributed by atoms with E-state index in [0.717, 1.165) is 10.4 Å². The third-order valence-corrected chi connectivity index (χ3v) is 11.9. The molecular formula is C28H37N3O7Si. The van der Waals surface area contributed by atoms with Gasteiger partial charge in [0.2, 0.25) is 0 Å². The van der Waals surface area contributed by atoms with Crippen LogP contribution in [0.1, 0.15) is 40.5 Å². The minimum atomic E-state index is -2.97. The molecule has 1 aliphatic heterocycles. The van der Waals surface area contributed by atoms with Crippen LogP contribution in [-0.4, -0.2) is 69.5 Å². The van der Waals surface area contributed by atoms with Crippen LogP contribution in [-0.2, 0) is 28.2 Å². The van der Waals surface area contributed by atoms with E-state index < -0.39 is 44.9 Å². The zero-order valence-electron chi connectivity index (χ0n) is 23.0. The summed E-state index contributed by atoms with van der Waals surface area (Å²) in [6, 6.07) is 18.9. The monoisotopic (exact) mass is 555 g/mol. The summed E-state index contributed by atoms with van der Waals surface area (Å²) in [6.45, 7) is 7.73. The molecule has 39 heavy (non-hydrogen) atoms. The van der Waals surface area contributed by atoms with Crippen molar-refractivity contribution in [1.82, 2.24) is 0 Å². The third-order valence-electron chi connectivity index (χ3n) is 6.89. The first-order valence-corrected chi connectivity index (χ1v) is 14.8. The molecule has 2 aromatic carbocycles. The molecular weight excluding hydrogens is 518 g/mol. The van der Waals surface area contributed by atoms with Crippen molar-refractivity contribution in [2.24, 2.45) is 5.11 Å². The number of methoxy groups -OCH3 is 1. The summed E-state index contributed by atoms with van der Waals surface area (Å²) < 4.78 is 23.9. The molecule has 0 spiro atoms. The maximum atomic E-state index is 12.5. The lowest BCUT2D eigenvalue weighted by Crippen LogP contribution is -2.68. The number of aliphatic hydroxyl groups is 1. The number of Topliss-reactive ketones (excluding diaryl/α,β-unsaturated/α-hetero) is 1. The molecule has 0 bridgehead atoms. The lowest BCUT2D eigenvalue weighted by molar-refractivity contribution is -0.261. The standard InChI is InChI=1S/C28H37N3O7Si/c1-19(32)16-17-23(33)38-26-24(30-31-29)27(35-5)37-22(25(26)34)18-36-39(28(2,3)4,20-12-8-6-9-13-20)21-14-10-7-11-15-21/h6-15,22,24-27,34H,16-18H2,1-5H3/t22-,24-,25-,26-,27-/m1/s1. The van der Waals surface area contributed by atoms with Gasteiger partial charge in [-0.2, -0.15) is 0 Å². The number of ether oxygens (including phenoxy) is 3. The Bertz CT molecular complexity index is 1110. The average molecular weight is 556 g/mol. The summed E-state index contributed by atoms with van der Waals surface area (Å²) in [7, 11) is -1.59. The molecule has 0 unspecified atom stereocenters. The molecule has 0 amide bonds. The van der Waals surface area contributed by atoms with Gasteiger partial charge in [0.15, 0.2) is 6.29 Å². The molecule has 0 radical (unpaired) electrons. The Labute approximate surface area is 230 Å². The van der Waals surface area contributed by atoms with E-state index in [0.29, 0.717) is 0 Å². The molecule has 1 heterocycles. The first-order chi connectivity index (χ1) is 18.5. The number of esters is 1. The van der Waals surface area contributed by atoms with Gasteiger partial charge in [-0.1, -0.05) is 86.5 Å². The second-order valence-electron chi connectivity index (χ2n) is 10.6. The van der Waals surface area contributed by atoms with Crippen molar-refractivity contribution in [2.45, 2.75) is 76.2 Å². The molecule has 11 heteroatoms. The van der Waals surface area contributed by atoms with E-state index in [1.54, 1.807) is 0 Å². The summed E-state index contributed by atoms with van der Waals surface area (Å²) in [5.41, 5.74) is 9.13. The van der Waals surface area contributed by atoms with E-state index in [1.807, 2.05) is 36.4 Å². The van der Waals surface area contributed by atoms with Gasteiger partial charge in [0.05, 0.1) is 13.0 Å². The fourth-order valence-corrected chi connectivity index (χ4v) is 9.58. The number of hydrogen-bond donors (Lipinski definition) is 1. The molecule has 3 rings (SSSR count). The van der Waals surface area contributed by atoms with Crippen LogP contribution in [0.25, 0.3) is 10.4 Å². The van der Waals surface area contributed by atoms with Crippen LogP contribution in [0.5, 0.6) is 0 Å². The number of rotatable bonds is 11. The zero-order chi connectivity index (χ0) is 28.6. The number of ketones is 1. The van der Waals surface area contributed by atoms with E-state index in [4.69, 9.17) is 24.2 Å². The fraction of sp³-hybridized carbons (Fsp3) is 0.500. The quantitative estimate of drug-likeness (QED) is 0.148. The van der Waals surface area contributed by atoms with Gasteiger partial charge in [-0.05, 0) is 27.9 Å². The van der Waals surface area contributed by atoms with Crippen LogP contribution in [0.4, 0.5) is 0 Å². The Morgan fingerprint density at radius 1 is 1.05 bits per heavy atom. The van der Waals surface area contributed by atoms with E-state index in [2.05, 4.69) is 55.1 Å². The van der Waals surface area contributed by atoms with Crippen molar-refractivity contribution in [3.63, 3.8) is 0 Å². The molecule has 210 valence electrons. The average Bonchev–Trinajstić information content (AvgIpc) is 2.91. The Hall–Kier alpha value is -3.05. The molecule has 10 nitrogen and oxygen atoms in total. The van der Waals surface area contributed by atoms with E-state index >= 15 is 0 Å². The van der Waals surface area contributed by atoms with Gasteiger partial charge >= 0.3 is 5.97 Å². The molecule has 0 saturated carbocycles. The van der Waals surface area contributed by atoms with Crippen molar-refractivity contribution in [2.75, 3.05) is 13.7 Å². The van der Waals surface area contributed by atoms with Gasteiger partial charge in [0.25, 0.3) is 8.32 Å². The molecule has 1 fully saturated rings. The predicted molar refractivity (Wildman–Crippen MR) is 148 cm³/mol. The number of carbonyl (C=O) groups is 2. The van der Waals surface area contributed by atoms with Crippen molar-refractivity contribution in [3.8, 4) is 0 Å². The first-order valence-electron chi connectivity index (χ1n) is 12.9. The Morgan fingerprint density at radius 2 is 1.62 bits per heavy atom. The van der Waals surface area contributed by atoms with Crippen LogP contribution in [0.3, 0.4) is 0 Å². The summed E-state index contributed by atoms with van der Waals surface area (Å²) in [5, 5.41) is 16.8. The maximum Gasteiger partial charge on any atom is 0.306 e. The second kappa shape index (κ2) is 13.3. The van der Waals surface area contributed by atoms with Gasteiger partial charge in [-0.15, -0.1) is 0 Å². The normalized spacial score (nSPS) is 23.5. The van der Waals surface area contributed by atoms with E-state index in [1.165, 1.54) is 14.0 Å². The van der Waals surface area contributed by atoms with Gasteiger partial charge in [-0.3, -0.25) is 4.79 Å². The molecule has 0 aliphatic carbocycles. The largest absolute Gasteiger partial charge is 0.459 e. The number of aliphatic hydroxyl groups excluding tert-OH is 1. The topological polar surface area (TPSA) is 140 Å². The summed E-state index contributed by atoms with van der Waals surface area (Å²) in [5.74, 6) is -0.867. The highest BCUT2D eigenvalue weighted by Gasteiger charge is 2.53. The number of carbonyl (C=O) groups excluding carboxylic acids is 2. The first kappa shape index (κ1) is 30.5. The van der Waals surface area contributed by atoms with Gasteiger partial charge < -0.3 is 28.5 Å². The smallest absolute Gasteiger partial charge is 0.306 e. The summed E-state index contributed by atoms with van der Waals surface area (Å²) >= 11 is 0. The number of nitrogens with zero attached hydrogens (tertiary/aromatic N) is 3. The van der Waals surface area contributed by atoms with E-state index in [-0.39, 0.29) is 30.3 Å². The van der Waals surface area contributed by atoms with Crippen LogP contribution < -0.4 is 10.4 Å². The van der Waals surface area contributed by atoms with Gasteiger partial charge in [-0.25, -0.2) is 0 Å². The highest BCUT2D eigenvalue weighted by Crippen LogP contribution is 2.37. The van der Waals surface area contributed by atoms with Crippen LogP contribution >= 0.6 is 0 Å². The molecule has 0 aromatic heterocycles. The molecule has 1 aliphatic rings. The fourth-order valence-electron chi connectivity index (χ4n) is 5.01. The van der Waals surface area contributed by atoms with E-state index in [9.17, 15) is 14.7 Å². The van der Waals surface area contributed by atoms with Crippen molar-refractivity contribution >= 4 is 30.4 Å². The van der Waals surface area contributed by atoms with Crippen molar-refractivity contribution in [3.05, 3.63) is 71.1 Å². The lowest BCUT2D eigenvalue weighted by atomic mass is 9.97. The molecule has 2 aromatic rings. The summed E-state index contributed by atoms with van der Waals surface area (Å²) in [4.78, 5) is 26.7. The minimum absolute atomic E-state index is 0.00155. The molecule has 5 atom stereocenters. The SMILES string of the molecule is CO[C@@H]1O[C@H](CO[Si](c2ccccc2)(c2ccccc2)C(C)(C)C)[C@@H](O)[C@H](OC(=O)CCC(C)=O)[C@H]1N=[N+]=[N-].